The molecule has 0 bridgehead atoms. The van der Waals surface area contributed by atoms with Gasteiger partial charge in [0.2, 0.25) is 6.04 Å². The quantitative estimate of drug-likeness (QED) is 0.598. The fourth-order valence-corrected chi connectivity index (χ4v) is 1.21. The van der Waals surface area contributed by atoms with Crippen molar-refractivity contribution in [2.75, 3.05) is 5.32 Å². The molecule has 1 heterocycles. The van der Waals surface area contributed by atoms with Crippen molar-refractivity contribution in [3.8, 4) is 0 Å². The summed E-state index contributed by atoms with van der Waals surface area (Å²) < 4.78 is 0. The molecule has 6 nitrogen and oxygen atoms in total. The second-order valence-corrected chi connectivity index (χ2v) is 2.99. The second kappa shape index (κ2) is 3.85. The van der Waals surface area contributed by atoms with Crippen molar-refractivity contribution in [3.05, 3.63) is 11.6 Å². The molecule has 0 amide bonds. The van der Waals surface area contributed by atoms with Crippen LogP contribution in [-0.4, -0.2) is 33.2 Å². The third-order valence-electron chi connectivity index (χ3n) is 1.19. The van der Waals surface area contributed by atoms with Gasteiger partial charge in [0.15, 0.2) is 5.13 Å². The number of aromatic nitrogens is 1. The summed E-state index contributed by atoms with van der Waals surface area (Å²) >= 11 is 1.14. The van der Waals surface area contributed by atoms with E-state index in [1.54, 1.807) is 5.38 Å². The van der Waals surface area contributed by atoms with E-state index in [1.165, 1.54) is 6.20 Å². The Kier molecular flexibility index (Phi) is 2.80. The van der Waals surface area contributed by atoms with Crippen LogP contribution >= 0.6 is 11.3 Å². The van der Waals surface area contributed by atoms with Crippen LogP contribution in [0.3, 0.4) is 0 Å². The summed E-state index contributed by atoms with van der Waals surface area (Å²) in [5.74, 6) is -2.88. The highest BCUT2D eigenvalue weighted by Gasteiger charge is 2.25. The Balaban J connectivity index is 2.69. The number of thiazole rings is 1. The van der Waals surface area contributed by atoms with Crippen LogP contribution in [0.2, 0.25) is 0 Å². The minimum absolute atomic E-state index is 0.273. The molecule has 0 aromatic carbocycles. The molecule has 0 spiro atoms. The summed E-state index contributed by atoms with van der Waals surface area (Å²) in [5.41, 5.74) is 0. The van der Waals surface area contributed by atoms with Crippen molar-refractivity contribution in [2.24, 2.45) is 0 Å². The van der Waals surface area contributed by atoms with Crippen LogP contribution in [-0.2, 0) is 9.59 Å². The van der Waals surface area contributed by atoms with Gasteiger partial charge < -0.3 is 15.5 Å². The molecule has 3 N–H and O–H groups in total. The predicted octanol–water partition coefficient (Wildman–Crippen LogP) is 0.0928. The zero-order chi connectivity index (χ0) is 9.84. The molecule has 0 fully saturated rings. The lowest BCUT2D eigenvalue weighted by Crippen LogP contribution is -2.37. The fourth-order valence-electron chi connectivity index (χ4n) is 0.647. The normalized spacial score (nSPS) is 9.92. The average Bonchev–Trinajstić information content (AvgIpc) is 2.50. The Bertz CT molecular complexity index is 296. The highest BCUT2D eigenvalue weighted by molar-refractivity contribution is 7.13. The van der Waals surface area contributed by atoms with Crippen LogP contribution in [0.25, 0.3) is 0 Å². The van der Waals surface area contributed by atoms with Crippen LogP contribution in [0.5, 0.6) is 0 Å². The summed E-state index contributed by atoms with van der Waals surface area (Å²) in [6.07, 6.45) is 1.45. The van der Waals surface area contributed by atoms with E-state index < -0.39 is 18.0 Å². The lowest BCUT2D eigenvalue weighted by molar-refractivity contribution is -0.148. The van der Waals surface area contributed by atoms with Crippen LogP contribution in [0, 0.1) is 0 Å². The van der Waals surface area contributed by atoms with Crippen molar-refractivity contribution >= 4 is 28.4 Å². The van der Waals surface area contributed by atoms with Crippen LogP contribution in [0.4, 0.5) is 5.13 Å². The number of aliphatic carboxylic acids is 2. The monoisotopic (exact) mass is 202 g/mol. The number of rotatable bonds is 4. The zero-order valence-corrected chi connectivity index (χ0v) is 7.11. The van der Waals surface area contributed by atoms with Gasteiger partial charge in [0.1, 0.15) is 0 Å². The predicted molar refractivity (Wildman–Crippen MR) is 44.8 cm³/mol. The summed E-state index contributed by atoms with van der Waals surface area (Å²) in [4.78, 5) is 24.5. The van der Waals surface area contributed by atoms with Gasteiger partial charge in [0, 0.05) is 11.6 Å². The molecular weight excluding hydrogens is 196 g/mol. The number of carboxylic acid groups (broad SMARTS) is 2. The van der Waals surface area contributed by atoms with E-state index in [2.05, 4.69) is 10.3 Å². The first-order valence-electron chi connectivity index (χ1n) is 3.23. The molecule has 0 saturated carbocycles. The highest BCUT2D eigenvalue weighted by atomic mass is 32.1. The number of carbonyl (C=O) groups is 2. The number of nitrogens with one attached hydrogen (secondary N) is 1. The lowest BCUT2D eigenvalue weighted by Gasteiger charge is -2.07. The SMILES string of the molecule is O=C(O)C(Nc1nccs1)C(=O)O. The van der Waals surface area contributed by atoms with Gasteiger partial charge in [0.25, 0.3) is 0 Å². The molecule has 0 unspecified atom stereocenters. The fraction of sp³-hybridized carbons (Fsp3) is 0.167. The number of hydrogen-bond acceptors (Lipinski definition) is 5. The second-order valence-electron chi connectivity index (χ2n) is 2.09. The first-order valence-corrected chi connectivity index (χ1v) is 4.11. The first-order chi connectivity index (χ1) is 6.11. The van der Waals surface area contributed by atoms with Gasteiger partial charge in [-0.3, -0.25) is 0 Å². The number of nitrogens with zero attached hydrogens (tertiary/aromatic N) is 1. The third-order valence-corrected chi connectivity index (χ3v) is 1.90. The maximum atomic E-state index is 10.4. The van der Waals surface area contributed by atoms with Gasteiger partial charge in [-0.25, -0.2) is 14.6 Å². The van der Waals surface area contributed by atoms with Crippen molar-refractivity contribution in [2.45, 2.75) is 6.04 Å². The topological polar surface area (TPSA) is 99.5 Å². The van der Waals surface area contributed by atoms with E-state index in [4.69, 9.17) is 10.2 Å². The largest absolute Gasteiger partial charge is 0.479 e. The number of carboxylic acids is 2. The van der Waals surface area contributed by atoms with Crippen LogP contribution < -0.4 is 5.32 Å². The van der Waals surface area contributed by atoms with Crippen molar-refractivity contribution < 1.29 is 19.8 Å². The molecule has 0 aliphatic heterocycles. The molecule has 13 heavy (non-hydrogen) atoms. The van der Waals surface area contributed by atoms with E-state index in [0.717, 1.165) is 11.3 Å². The van der Waals surface area contributed by atoms with Gasteiger partial charge in [-0.2, -0.15) is 0 Å². The van der Waals surface area contributed by atoms with E-state index in [1.807, 2.05) is 0 Å². The van der Waals surface area contributed by atoms with Crippen molar-refractivity contribution in [1.82, 2.24) is 4.98 Å². The Morgan fingerprint density at radius 2 is 2.08 bits per heavy atom. The molecular formula is C6H6N2O4S. The molecule has 70 valence electrons. The summed E-state index contributed by atoms with van der Waals surface area (Å²) in [6, 6.07) is -1.65. The molecule has 1 aromatic rings. The minimum Gasteiger partial charge on any atom is -0.479 e. The highest BCUT2D eigenvalue weighted by Crippen LogP contribution is 2.11. The summed E-state index contributed by atoms with van der Waals surface area (Å²) in [7, 11) is 0. The van der Waals surface area contributed by atoms with Gasteiger partial charge in [0.05, 0.1) is 0 Å². The zero-order valence-electron chi connectivity index (χ0n) is 6.30. The molecule has 7 heteroatoms. The standard InChI is InChI=1S/C6H6N2O4S/c9-4(10)3(5(11)12)8-6-7-1-2-13-6/h1-3H,(H,7,8)(H,9,10)(H,11,12). The molecule has 0 saturated heterocycles. The third kappa shape index (κ3) is 2.41. The van der Waals surface area contributed by atoms with E-state index in [-0.39, 0.29) is 5.13 Å². The molecule has 1 rings (SSSR count). The Morgan fingerprint density at radius 3 is 2.46 bits per heavy atom. The van der Waals surface area contributed by atoms with Gasteiger partial charge >= 0.3 is 11.9 Å². The van der Waals surface area contributed by atoms with Gasteiger partial charge in [-0.05, 0) is 0 Å². The molecule has 1 aromatic heterocycles. The van der Waals surface area contributed by atoms with Gasteiger partial charge in [-0.1, -0.05) is 0 Å². The van der Waals surface area contributed by atoms with Crippen LogP contribution in [0.15, 0.2) is 11.6 Å². The minimum atomic E-state index is -1.65. The lowest BCUT2D eigenvalue weighted by atomic mass is 10.3. The smallest absolute Gasteiger partial charge is 0.338 e. The molecule has 0 atom stereocenters. The van der Waals surface area contributed by atoms with Crippen LogP contribution in [0.1, 0.15) is 0 Å². The Morgan fingerprint density at radius 1 is 1.46 bits per heavy atom. The summed E-state index contributed by atoms with van der Waals surface area (Å²) in [6.45, 7) is 0. The number of hydrogen-bond donors (Lipinski definition) is 3. The summed E-state index contributed by atoms with van der Waals surface area (Å²) in [5, 5.41) is 21.1. The molecule has 0 aliphatic rings. The first kappa shape index (κ1) is 9.46. The molecule has 0 radical (unpaired) electrons. The average molecular weight is 202 g/mol. The molecule has 0 aliphatic carbocycles. The Hall–Kier alpha value is -1.63. The van der Waals surface area contributed by atoms with E-state index in [0.29, 0.717) is 0 Å². The van der Waals surface area contributed by atoms with E-state index >= 15 is 0 Å². The maximum Gasteiger partial charge on any atom is 0.338 e. The van der Waals surface area contributed by atoms with Gasteiger partial charge in [-0.15, -0.1) is 11.3 Å². The maximum absolute atomic E-state index is 10.4. The van der Waals surface area contributed by atoms with Crippen molar-refractivity contribution in [3.63, 3.8) is 0 Å². The number of anilines is 1. The van der Waals surface area contributed by atoms with E-state index in [9.17, 15) is 9.59 Å². The van der Waals surface area contributed by atoms with Crippen molar-refractivity contribution in [1.29, 1.82) is 0 Å². The Labute approximate surface area is 76.8 Å².